The van der Waals surface area contributed by atoms with Crippen molar-refractivity contribution in [2.75, 3.05) is 39.5 Å². The summed E-state index contributed by atoms with van der Waals surface area (Å²) in [7, 11) is 3.94. The maximum atomic E-state index is 6.09. The summed E-state index contributed by atoms with van der Waals surface area (Å²) in [5.41, 5.74) is 10.1. The first-order valence-electron chi connectivity index (χ1n) is 7.98. The SMILES string of the molecule is CCc1cc(N)c(OC)cc1C1N(C)CC12CCNCC2. The number of hydrogen-bond acceptors (Lipinski definition) is 4. The Hall–Kier alpha value is -1.26. The zero-order valence-electron chi connectivity index (χ0n) is 13.4. The molecular formula is C17H27N3O. The molecule has 0 radical (unpaired) electrons. The summed E-state index contributed by atoms with van der Waals surface area (Å²) in [5.74, 6) is 0.812. The van der Waals surface area contributed by atoms with Crippen LogP contribution in [0.3, 0.4) is 0 Å². The van der Waals surface area contributed by atoms with Crippen LogP contribution in [-0.2, 0) is 6.42 Å². The van der Waals surface area contributed by atoms with Gasteiger partial charge >= 0.3 is 0 Å². The minimum atomic E-state index is 0.436. The van der Waals surface area contributed by atoms with Gasteiger partial charge in [-0.05, 0) is 62.7 Å². The summed E-state index contributed by atoms with van der Waals surface area (Å²) in [5, 5.41) is 3.49. The van der Waals surface area contributed by atoms with Crippen molar-refractivity contribution in [2.45, 2.75) is 32.2 Å². The van der Waals surface area contributed by atoms with Gasteiger partial charge in [0.15, 0.2) is 0 Å². The van der Waals surface area contributed by atoms with Crippen LogP contribution in [0.25, 0.3) is 0 Å². The lowest BCUT2D eigenvalue weighted by molar-refractivity contribution is -0.0799. The van der Waals surface area contributed by atoms with Gasteiger partial charge in [0, 0.05) is 18.0 Å². The number of aryl methyl sites for hydroxylation is 1. The van der Waals surface area contributed by atoms with Gasteiger partial charge in [-0.25, -0.2) is 0 Å². The molecule has 2 saturated heterocycles. The van der Waals surface area contributed by atoms with Crippen molar-refractivity contribution in [1.82, 2.24) is 10.2 Å². The summed E-state index contributed by atoms with van der Waals surface area (Å²) in [6.45, 7) is 5.68. The van der Waals surface area contributed by atoms with E-state index in [1.165, 1.54) is 30.5 Å². The number of rotatable bonds is 3. The molecular weight excluding hydrogens is 262 g/mol. The van der Waals surface area contributed by atoms with Gasteiger partial charge < -0.3 is 15.8 Å². The standard InChI is InChI=1S/C17H27N3O/c1-4-12-9-14(18)15(21-3)10-13(12)16-17(11-20(16)2)5-7-19-8-6-17/h9-10,16,19H,4-8,11,18H2,1-3H3. The fraction of sp³-hybridized carbons (Fsp3) is 0.647. The maximum absolute atomic E-state index is 6.09. The van der Waals surface area contributed by atoms with Crippen molar-refractivity contribution < 1.29 is 4.74 Å². The average Bonchev–Trinajstić information content (AvgIpc) is 2.49. The molecule has 0 saturated carbocycles. The van der Waals surface area contributed by atoms with Gasteiger partial charge in [0.1, 0.15) is 5.75 Å². The Morgan fingerprint density at radius 2 is 2.10 bits per heavy atom. The smallest absolute Gasteiger partial charge is 0.142 e. The molecule has 2 aliphatic heterocycles. The number of methoxy groups -OCH3 is 1. The van der Waals surface area contributed by atoms with Gasteiger partial charge in [0.2, 0.25) is 0 Å². The third kappa shape index (κ3) is 2.30. The molecule has 4 heteroatoms. The van der Waals surface area contributed by atoms with E-state index in [1.807, 2.05) is 0 Å². The molecule has 0 bridgehead atoms. The van der Waals surface area contributed by atoms with Crippen LogP contribution in [0.1, 0.15) is 36.9 Å². The van der Waals surface area contributed by atoms with Crippen molar-refractivity contribution in [2.24, 2.45) is 5.41 Å². The predicted molar refractivity (Wildman–Crippen MR) is 86.7 cm³/mol. The van der Waals surface area contributed by atoms with Crippen LogP contribution < -0.4 is 15.8 Å². The Bertz CT molecular complexity index is 518. The number of anilines is 1. The van der Waals surface area contributed by atoms with E-state index in [9.17, 15) is 0 Å². The van der Waals surface area contributed by atoms with E-state index in [2.05, 4.69) is 36.3 Å². The lowest BCUT2D eigenvalue weighted by Gasteiger charge is -2.59. The number of nitrogens with two attached hydrogens (primary N) is 1. The van der Waals surface area contributed by atoms with Crippen LogP contribution in [0.4, 0.5) is 5.69 Å². The normalized spacial score (nSPS) is 24.8. The third-order valence-electron chi connectivity index (χ3n) is 5.35. The highest BCUT2D eigenvalue weighted by Crippen LogP contribution is 2.54. The molecule has 1 aromatic carbocycles. The van der Waals surface area contributed by atoms with Crippen molar-refractivity contribution in [1.29, 1.82) is 0 Å². The minimum absolute atomic E-state index is 0.436. The molecule has 2 aliphatic rings. The highest BCUT2D eigenvalue weighted by atomic mass is 16.5. The van der Waals surface area contributed by atoms with Crippen molar-refractivity contribution in [3.05, 3.63) is 23.3 Å². The quantitative estimate of drug-likeness (QED) is 0.838. The Morgan fingerprint density at radius 1 is 1.38 bits per heavy atom. The van der Waals surface area contributed by atoms with Gasteiger partial charge in [-0.3, -0.25) is 4.90 Å². The number of nitrogens with zero attached hydrogens (tertiary/aromatic N) is 1. The van der Waals surface area contributed by atoms with Gasteiger partial charge in [-0.2, -0.15) is 0 Å². The Morgan fingerprint density at radius 3 is 2.67 bits per heavy atom. The summed E-state index contributed by atoms with van der Waals surface area (Å²) in [6.07, 6.45) is 3.54. The van der Waals surface area contributed by atoms with Gasteiger partial charge in [-0.15, -0.1) is 0 Å². The van der Waals surface area contributed by atoms with E-state index in [1.54, 1.807) is 7.11 Å². The largest absolute Gasteiger partial charge is 0.495 e. The number of ether oxygens (including phenoxy) is 1. The molecule has 116 valence electrons. The third-order valence-corrected chi connectivity index (χ3v) is 5.35. The number of nitrogens with one attached hydrogen (secondary N) is 1. The van der Waals surface area contributed by atoms with Crippen LogP contribution in [0.2, 0.25) is 0 Å². The first-order valence-corrected chi connectivity index (χ1v) is 7.98. The van der Waals surface area contributed by atoms with Crippen LogP contribution in [0.5, 0.6) is 5.75 Å². The molecule has 2 fully saturated rings. The highest BCUT2D eigenvalue weighted by molar-refractivity contribution is 5.58. The summed E-state index contributed by atoms with van der Waals surface area (Å²) >= 11 is 0. The number of likely N-dealkylation sites (tertiary alicyclic amines) is 1. The highest BCUT2D eigenvalue weighted by Gasteiger charge is 2.52. The predicted octanol–water partition coefficient (Wildman–Crippen LogP) is 2.20. The summed E-state index contributed by atoms with van der Waals surface area (Å²) < 4.78 is 5.46. The fourth-order valence-corrected chi connectivity index (χ4v) is 4.35. The van der Waals surface area contributed by atoms with Gasteiger partial charge in [-0.1, -0.05) is 6.92 Å². The Balaban J connectivity index is 2.01. The lowest BCUT2D eigenvalue weighted by atomic mass is 9.63. The van der Waals surface area contributed by atoms with E-state index in [4.69, 9.17) is 10.5 Å². The molecule has 1 aromatic rings. The molecule has 1 atom stereocenters. The number of nitrogen functional groups attached to an aromatic ring is 1. The molecule has 21 heavy (non-hydrogen) atoms. The average molecular weight is 289 g/mol. The second-order valence-corrected chi connectivity index (χ2v) is 6.58. The lowest BCUT2D eigenvalue weighted by Crippen LogP contribution is -2.60. The second kappa shape index (κ2) is 5.50. The van der Waals surface area contributed by atoms with Gasteiger partial charge in [0.05, 0.1) is 12.8 Å². The van der Waals surface area contributed by atoms with Crippen LogP contribution >= 0.6 is 0 Å². The van der Waals surface area contributed by atoms with Crippen LogP contribution in [-0.4, -0.2) is 38.7 Å². The number of benzene rings is 1. The molecule has 2 heterocycles. The van der Waals surface area contributed by atoms with Crippen molar-refractivity contribution >= 4 is 5.69 Å². The summed E-state index contributed by atoms with van der Waals surface area (Å²) in [6, 6.07) is 4.79. The minimum Gasteiger partial charge on any atom is -0.495 e. The summed E-state index contributed by atoms with van der Waals surface area (Å²) in [4.78, 5) is 2.48. The van der Waals surface area contributed by atoms with E-state index in [-0.39, 0.29) is 0 Å². The zero-order chi connectivity index (χ0) is 15.0. The van der Waals surface area contributed by atoms with E-state index >= 15 is 0 Å². The zero-order valence-corrected chi connectivity index (χ0v) is 13.4. The fourth-order valence-electron chi connectivity index (χ4n) is 4.35. The van der Waals surface area contributed by atoms with Gasteiger partial charge in [0.25, 0.3) is 0 Å². The van der Waals surface area contributed by atoms with Crippen molar-refractivity contribution in [3.8, 4) is 5.75 Å². The molecule has 0 aliphatic carbocycles. The maximum Gasteiger partial charge on any atom is 0.142 e. The van der Waals surface area contributed by atoms with Crippen molar-refractivity contribution in [3.63, 3.8) is 0 Å². The molecule has 1 spiro atoms. The van der Waals surface area contributed by atoms with Crippen LogP contribution in [0, 0.1) is 5.41 Å². The molecule has 3 N–H and O–H groups in total. The first-order chi connectivity index (χ1) is 10.1. The molecule has 0 aromatic heterocycles. The van der Waals surface area contributed by atoms with Crippen LogP contribution in [0.15, 0.2) is 12.1 Å². The van der Waals surface area contributed by atoms with E-state index < -0.39 is 0 Å². The molecule has 0 amide bonds. The van der Waals surface area contributed by atoms with E-state index in [0.717, 1.165) is 30.9 Å². The molecule has 4 nitrogen and oxygen atoms in total. The number of hydrogen-bond donors (Lipinski definition) is 2. The molecule has 3 rings (SSSR count). The molecule has 1 unspecified atom stereocenters. The number of piperidine rings is 1. The Kier molecular flexibility index (Phi) is 3.84. The Labute approximate surface area is 127 Å². The second-order valence-electron chi connectivity index (χ2n) is 6.58. The van der Waals surface area contributed by atoms with E-state index in [0.29, 0.717) is 11.5 Å². The monoisotopic (exact) mass is 289 g/mol. The topological polar surface area (TPSA) is 50.5 Å². The first kappa shape index (κ1) is 14.7.